The van der Waals surface area contributed by atoms with Gasteiger partial charge in [-0.2, -0.15) is 4.98 Å². The van der Waals surface area contributed by atoms with Crippen LogP contribution in [-0.2, 0) is 14.3 Å². The van der Waals surface area contributed by atoms with Crippen molar-refractivity contribution in [2.75, 3.05) is 6.61 Å². The predicted molar refractivity (Wildman–Crippen MR) is 147 cm³/mol. The molecule has 5 atom stereocenters. The molecule has 0 spiro atoms. The van der Waals surface area contributed by atoms with Crippen molar-refractivity contribution in [2.24, 2.45) is 17.8 Å². The van der Waals surface area contributed by atoms with Gasteiger partial charge in [0.25, 0.3) is 0 Å². The second kappa shape index (κ2) is 11.7. The van der Waals surface area contributed by atoms with Crippen LogP contribution < -0.4 is 4.74 Å². The van der Waals surface area contributed by atoms with Crippen molar-refractivity contribution in [1.82, 2.24) is 14.9 Å². The van der Waals surface area contributed by atoms with Gasteiger partial charge in [-0.3, -0.25) is 9.59 Å². The molecule has 0 saturated heterocycles. The molecule has 0 bridgehead atoms. The van der Waals surface area contributed by atoms with Gasteiger partial charge in [-0.25, -0.2) is 14.7 Å². The number of nitrogens with zero attached hydrogens (tertiary/aromatic N) is 3. The summed E-state index contributed by atoms with van der Waals surface area (Å²) in [7, 11) is 0. The molecule has 1 aromatic heterocycles. The van der Waals surface area contributed by atoms with E-state index in [1.807, 2.05) is 60.7 Å². The molecule has 2 aliphatic carbocycles. The molecule has 9 heteroatoms. The summed E-state index contributed by atoms with van der Waals surface area (Å²) in [6.45, 7) is 5.53. The molecule has 2 aliphatic rings. The van der Waals surface area contributed by atoms with Gasteiger partial charge in [0.2, 0.25) is 11.8 Å². The van der Waals surface area contributed by atoms with Crippen LogP contribution in [0.2, 0.25) is 0 Å². The van der Waals surface area contributed by atoms with Gasteiger partial charge in [0.1, 0.15) is 6.10 Å². The van der Waals surface area contributed by atoms with Crippen LogP contribution in [0.15, 0.2) is 79.4 Å². The summed E-state index contributed by atoms with van der Waals surface area (Å²) in [5.41, 5.74) is 2.34. The zero-order valence-electron chi connectivity index (χ0n) is 22.2. The minimum Gasteiger partial charge on any atom is -0.481 e. The van der Waals surface area contributed by atoms with E-state index >= 15 is 0 Å². The first-order valence-corrected chi connectivity index (χ1v) is 13.4. The summed E-state index contributed by atoms with van der Waals surface area (Å²) in [5.74, 6) is -2.90. The molecule has 0 radical (unpaired) electrons. The maximum absolute atomic E-state index is 13.6. The number of carbonyl (C=O) groups excluding carboxylic acids is 2. The highest BCUT2D eigenvalue weighted by Gasteiger charge is 2.52. The normalized spacial score (nSPS) is 23.2. The van der Waals surface area contributed by atoms with Crippen molar-refractivity contribution in [2.45, 2.75) is 38.3 Å². The molecule has 2 fully saturated rings. The second-order valence-electron chi connectivity index (χ2n) is 10.0. The number of aromatic nitrogens is 2. The number of imide groups is 1. The van der Waals surface area contributed by atoms with E-state index in [0.29, 0.717) is 17.9 Å². The monoisotopic (exact) mass is 541 g/mol. The minimum absolute atomic E-state index is 0.0288. The van der Waals surface area contributed by atoms with Crippen molar-refractivity contribution in [1.29, 1.82) is 0 Å². The maximum Gasteiger partial charge on any atom is 0.416 e. The topological polar surface area (TPSA) is 119 Å². The summed E-state index contributed by atoms with van der Waals surface area (Å²) in [6.07, 6.45) is 1.15. The average molecular weight is 542 g/mol. The van der Waals surface area contributed by atoms with E-state index in [1.165, 1.54) is 0 Å². The third-order valence-corrected chi connectivity index (χ3v) is 7.39. The highest BCUT2D eigenvalue weighted by atomic mass is 16.6. The number of carboxylic acid groups (broad SMARTS) is 1. The standard InChI is InChI=1S/C31H31N3O6/c1-3-19-15-26(19)34(31(38)39-4-2)29(35)23-16-22(17-24(23)30(36)37)40-27-18-25(20-11-7-5-8-12-20)32-28(33-27)21-13-9-6-10-14-21/h3,5-14,18-19,22-24,26H,1,4,15-17H2,2H3,(H,36,37). The molecular weight excluding hydrogens is 510 g/mol. The number of amides is 2. The summed E-state index contributed by atoms with van der Waals surface area (Å²) in [4.78, 5) is 49.0. The number of ether oxygens (including phenoxy) is 2. The molecule has 206 valence electrons. The number of benzene rings is 2. The molecule has 0 aliphatic heterocycles. The number of carboxylic acids is 1. The van der Waals surface area contributed by atoms with Crippen LogP contribution in [0, 0.1) is 17.8 Å². The quantitative estimate of drug-likeness (QED) is 0.366. The van der Waals surface area contributed by atoms with Crippen molar-refractivity contribution < 1.29 is 29.0 Å². The van der Waals surface area contributed by atoms with Gasteiger partial charge in [-0.05, 0) is 32.1 Å². The smallest absolute Gasteiger partial charge is 0.416 e. The van der Waals surface area contributed by atoms with Gasteiger partial charge in [-0.15, -0.1) is 6.58 Å². The maximum atomic E-state index is 13.6. The summed E-state index contributed by atoms with van der Waals surface area (Å²) >= 11 is 0. The molecule has 5 unspecified atom stereocenters. The fourth-order valence-electron chi connectivity index (χ4n) is 5.27. The molecule has 40 heavy (non-hydrogen) atoms. The van der Waals surface area contributed by atoms with Crippen LogP contribution in [-0.4, -0.2) is 56.7 Å². The van der Waals surface area contributed by atoms with Gasteiger partial charge in [0, 0.05) is 17.2 Å². The zero-order valence-corrected chi connectivity index (χ0v) is 22.2. The summed E-state index contributed by atoms with van der Waals surface area (Å²) < 4.78 is 11.4. The van der Waals surface area contributed by atoms with Gasteiger partial charge in [-0.1, -0.05) is 66.7 Å². The largest absolute Gasteiger partial charge is 0.481 e. The highest BCUT2D eigenvalue weighted by Crippen LogP contribution is 2.42. The fraction of sp³-hybridized carbons (Fsp3) is 0.323. The first-order chi connectivity index (χ1) is 19.4. The third-order valence-electron chi connectivity index (χ3n) is 7.39. The highest BCUT2D eigenvalue weighted by molar-refractivity contribution is 5.96. The van der Waals surface area contributed by atoms with Crippen LogP contribution in [0.25, 0.3) is 22.6 Å². The molecule has 2 saturated carbocycles. The SMILES string of the molecule is C=CC1CC1N(C(=O)OCC)C(=O)C1CC(Oc2cc(-c3ccccc3)nc(-c3ccccc3)n2)CC1C(=O)O. The van der Waals surface area contributed by atoms with E-state index in [9.17, 15) is 19.5 Å². The lowest BCUT2D eigenvalue weighted by Gasteiger charge is -2.25. The van der Waals surface area contributed by atoms with E-state index in [1.54, 1.807) is 19.1 Å². The van der Waals surface area contributed by atoms with Gasteiger partial charge < -0.3 is 14.6 Å². The number of rotatable bonds is 9. The fourth-order valence-corrected chi connectivity index (χ4v) is 5.27. The molecule has 3 aromatic rings. The number of aliphatic carboxylic acids is 1. The Hall–Kier alpha value is -4.53. The van der Waals surface area contributed by atoms with Crippen LogP contribution in [0.1, 0.15) is 26.2 Å². The lowest BCUT2D eigenvalue weighted by Crippen LogP contribution is -2.45. The molecule has 2 amide bonds. The van der Waals surface area contributed by atoms with Crippen molar-refractivity contribution in [3.8, 4) is 28.5 Å². The molecule has 5 rings (SSSR count). The van der Waals surface area contributed by atoms with Crippen LogP contribution >= 0.6 is 0 Å². The first kappa shape index (κ1) is 27.1. The Morgan fingerprint density at radius 1 is 0.975 bits per heavy atom. The Labute approximate surface area is 232 Å². The van der Waals surface area contributed by atoms with Crippen molar-refractivity contribution in [3.63, 3.8) is 0 Å². The Morgan fingerprint density at radius 3 is 2.23 bits per heavy atom. The van der Waals surface area contributed by atoms with Gasteiger partial charge in [0.15, 0.2) is 5.82 Å². The van der Waals surface area contributed by atoms with Crippen molar-refractivity contribution >= 4 is 18.0 Å². The van der Waals surface area contributed by atoms with Crippen LogP contribution in [0.3, 0.4) is 0 Å². The Morgan fingerprint density at radius 2 is 1.62 bits per heavy atom. The predicted octanol–water partition coefficient (Wildman–Crippen LogP) is 5.23. The molecule has 2 aromatic carbocycles. The lowest BCUT2D eigenvalue weighted by atomic mass is 9.94. The summed E-state index contributed by atoms with van der Waals surface area (Å²) in [6, 6.07) is 20.5. The molecule has 9 nitrogen and oxygen atoms in total. The number of carbonyl (C=O) groups is 3. The first-order valence-electron chi connectivity index (χ1n) is 13.4. The lowest BCUT2D eigenvalue weighted by molar-refractivity contribution is -0.148. The average Bonchev–Trinajstić information content (AvgIpc) is 3.62. The number of hydrogen-bond donors (Lipinski definition) is 1. The zero-order chi connectivity index (χ0) is 28.2. The van der Waals surface area contributed by atoms with Gasteiger partial charge in [0.05, 0.1) is 30.2 Å². The van der Waals surface area contributed by atoms with Crippen molar-refractivity contribution in [3.05, 3.63) is 79.4 Å². The van der Waals surface area contributed by atoms with E-state index < -0.39 is 35.9 Å². The Balaban J connectivity index is 1.42. The Kier molecular flexibility index (Phi) is 7.91. The van der Waals surface area contributed by atoms with E-state index in [0.717, 1.165) is 16.0 Å². The molecular formula is C31H31N3O6. The van der Waals surface area contributed by atoms with E-state index in [4.69, 9.17) is 14.5 Å². The molecule has 1 heterocycles. The number of hydrogen-bond acceptors (Lipinski definition) is 7. The minimum atomic E-state index is -1.11. The molecule has 1 N–H and O–H groups in total. The summed E-state index contributed by atoms with van der Waals surface area (Å²) in [5, 5.41) is 9.99. The van der Waals surface area contributed by atoms with Crippen LogP contribution in [0.4, 0.5) is 4.79 Å². The Bertz CT molecular complexity index is 1340. The van der Waals surface area contributed by atoms with Crippen LogP contribution in [0.5, 0.6) is 5.88 Å². The second-order valence-corrected chi connectivity index (χ2v) is 10.0. The van der Waals surface area contributed by atoms with E-state index in [-0.39, 0.29) is 37.3 Å². The third kappa shape index (κ3) is 5.73. The van der Waals surface area contributed by atoms with Gasteiger partial charge >= 0.3 is 12.1 Å². The van der Waals surface area contributed by atoms with E-state index in [2.05, 4.69) is 11.6 Å².